The maximum Gasteiger partial charge on any atom is 0.186 e. The highest BCUT2D eigenvalue weighted by atomic mass is 32.2. The first-order valence-electron chi connectivity index (χ1n) is 5.01. The van der Waals surface area contributed by atoms with Crippen molar-refractivity contribution in [2.75, 3.05) is 6.61 Å². The largest absolute Gasteiger partial charge is 0.379 e. The van der Waals surface area contributed by atoms with E-state index in [0.29, 0.717) is 11.4 Å². The van der Waals surface area contributed by atoms with E-state index in [4.69, 9.17) is 4.74 Å². The van der Waals surface area contributed by atoms with Gasteiger partial charge in [-0.05, 0) is 32.6 Å². The molecule has 0 atom stereocenters. The van der Waals surface area contributed by atoms with Crippen LogP contribution in [-0.2, 0) is 9.53 Å². The highest BCUT2D eigenvalue weighted by Gasteiger charge is 2.22. The maximum atomic E-state index is 10.9. The molecule has 0 unspecified atom stereocenters. The van der Waals surface area contributed by atoms with Crippen LogP contribution in [-0.4, -0.2) is 23.1 Å². The topological polar surface area (TPSA) is 26.3 Å². The number of hydrogen-bond acceptors (Lipinski definition) is 3. The van der Waals surface area contributed by atoms with Crippen molar-refractivity contribution in [3.8, 4) is 0 Å². The monoisotopic (exact) mass is 202 g/mol. The normalized spacial score (nSPS) is 28.8. The van der Waals surface area contributed by atoms with Gasteiger partial charge in [-0.1, -0.05) is 11.8 Å². The van der Waals surface area contributed by atoms with E-state index in [1.165, 1.54) is 11.8 Å². The third-order valence-electron chi connectivity index (χ3n) is 2.36. The highest BCUT2D eigenvalue weighted by Crippen LogP contribution is 2.30. The zero-order chi connectivity index (χ0) is 9.68. The van der Waals surface area contributed by atoms with Crippen LogP contribution in [0, 0.1) is 0 Å². The van der Waals surface area contributed by atoms with Crippen molar-refractivity contribution in [3.05, 3.63) is 0 Å². The zero-order valence-electron chi connectivity index (χ0n) is 8.41. The molecule has 3 heteroatoms. The van der Waals surface area contributed by atoms with Gasteiger partial charge in [-0.15, -0.1) is 0 Å². The molecule has 2 nitrogen and oxygen atoms in total. The summed E-state index contributed by atoms with van der Waals surface area (Å²) in [4.78, 5) is 10.9. The standard InChI is InChI=1S/C10H18O2S/c1-3-12-9-4-6-10(7-5-9)13-8(2)11/h9-10H,3-7H2,1-2H3. The summed E-state index contributed by atoms with van der Waals surface area (Å²) in [6.45, 7) is 4.50. The lowest BCUT2D eigenvalue weighted by Gasteiger charge is -2.27. The van der Waals surface area contributed by atoms with Gasteiger partial charge in [-0.2, -0.15) is 0 Å². The van der Waals surface area contributed by atoms with Crippen LogP contribution in [0.2, 0.25) is 0 Å². The molecule has 0 heterocycles. The Bertz CT molecular complexity index is 162. The number of ether oxygens (including phenoxy) is 1. The minimum absolute atomic E-state index is 0.250. The van der Waals surface area contributed by atoms with E-state index in [0.717, 1.165) is 32.3 Å². The van der Waals surface area contributed by atoms with E-state index in [2.05, 4.69) is 0 Å². The molecule has 0 aromatic heterocycles. The van der Waals surface area contributed by atoms with Crippen LogP contribution < -0.4 is 0 Å². The molecule has 0 spiro atoms. The second kappa shape index (κ2) is 5.66. The van der Waals surface area contributed by atoms with Crippen molar-refractivity contribution in [2.45, 2.75) is 50.9 Å². The fourth-order valence-corrected chi connectivity index (χ4v) is 2.76. The summed E-state index contributed by atoms with van der Waals surface area (Å²) in [6.07, 6.45) is 4.97. The summed E-state index contributed by atoms with van der Waals surface area (Å²) in [5.41, 5.74) is 0. The molecule has 0 amide bonds. The molecular formula is C10H18O2S. The van der Waals surface area contributed by atoms with Crippen LogP contribution in [0.4, 0.5) is 0 Å². The van der Waals surface area contributed by atoms with Gasteiger partial charge in [0.15, 0.2) is 5.12 Å². The van der Waals surface area contributed by atoms with Crippen LogP contribution in [0.5, 0.6) is 0 Å². The van der Waals surface area contributed by atoms with Gasteiger partial charge in [0, 0.05) is 18.8 Å². The second-order valence-electron chi connectivity index (χ2n) is 3.46. The Morgan fingerprint density at radius 2 is 2.00 bits per heavy atom. The smallest absolute Gasteiger partial charge is 0.186 e. The van der Waals surface area contributed by atoms with Crippen molar-refractivity contribution in [1.82, 2.24) is 0 Å². The van der Waals surface area contributed by atoms with Gasteiger partial charge >= 0.3 is 0 Å². The molecule has 0 saturated heterocycles. The van der Waals surface area contributed by atoms with Crippen molar-refractivity contribution >= 4 is 16.9 Å². The molecule has 1 saturated carbocycles. The molecule has 0 aliphatic heterocycles. The number of carbonyl (C=O) groups is 1. The third-order valence-corrected chi connectivity index (χ3v) is 3.49. The molecule has 1 aliphatic rings. The van der Waals surface area contributed by atoms with E-state index in [1.807, 2.05) is 6.92 Å². The van der Waals surface area contributed by atoms with Gasteiger partial charge in [0.05, 0.1) is 6.10 Å². The van der Waals surface area contributed by atoms with Gasteiger partial charge in [0.1, 0.15) is 0 Å². The molecule has 76 valence electrons. The maximum absolute atomic E-state index is 10.9. The average Bonchev–Trinajstić information content (AvgIpc) is 2.08. The summed E-state index contributed by atoms with van der Waals surface area (Å²) < 4.78 is 5.54. The highest BCUT2D eigenvalue weighted by molar-refractivity contribution is 8.14. The average molecular weight is 202 g/mol. The Labute approximate surface area is 84.4 Å². The SMILES string of the molecule is CCOC1CCC(SC(C)=O)CC1. The molecule has 0 N–H and O–H groups in total. The lowest BCUT2D eigenvalue weighted by atomic mass is 9.97. The van der Waals surface area contributed by atoms with Crippen molar-refractivity contribution < 1.29 is 9.53 Å². The Kier molecular flexibility index (Phi) is 4.81. The summed E-state index contributed by atoms with van der Waals surface area (Å²) >= 11 is 1.50. The van der Waals surface area contributed by atoms with E-state index in [-0.39, 0.29) is 5.12 Å². The zero-order valence-corrected chi connectivity index (χ0v) is 9.23. The van der Waals surface area contributed by atoms with Crippen LogP contribution in [0.25, 0.3) is 0 Å². The predicted molar refractivity (Wildman–Crippen MR) is 55.9 cm³/mol. The Balaban J connectivity index is 2.18. The molecular weight excluding hydrogens is 184 g/mol. The number of hydrogen-bond donors (Lipinski definition) is 0. The first kappa shape index (κ1) is 11.1. The molecule has 0 aromatic carbocycles. The lowest BCUT2D eigenvalue weighted by Crippen LogP contribution is -2.23. The van der Waals surface area contributed by atoms with Gasteiger partial charge < -0.3 is 4.74 Å². The van der Waals surface area contributed by atoms with E-state index >= 15 is 0 Å². The third kappa shape index (κ3) is 4.14. The molecule has 0 radical (unpaired) electrons. The first-order valence-corrected chi connectivity index (χ1v) is 5.89. The van der Waals surface area contributed by atoms with Gasteiger partial charge in [0.2, 0.25) is 0 Å². The quantitative estimate of drug-likeness (QED) is 0.703. The summed E-state index contributed by atoms with van der Waals surface area (Å²) in [5, 5.41) is 0.800. The first-order chi connectivity index (χ1) is 6.22. The van der Waals surface area contributed by atoms with Crippen molar-refractivity contribution in [1.29, 1.82) is 0 Å². The summed E-state index contributed by atoms with van der Waals surface area (Å²) in [5.74, 6) is 0. The Morgan fingerprint density at radius 3 is 2.46 bits per heavy atom. The van der Waals surface area contributed by atoms with E-state index in [9.17, 15) is 4.79 Å². The fraction of sp³-hybridized carbons (Fsp3) is 0.900. The van der Waals surface area contributed by atoms with Gasteiger partial charge in [-0.3, -0.25) is 4.79 Å². The molecule has 13 heavy (non-hydrogen) atoms. The molecule has 0 aromatic rings. The van der Waals surface area contributed by atoms with Gasteiger partial charge in [0.25, 0.3) is 0 Å². The molecule has 1 rings (SSSR count). The van der Waals surface area contributed by atoms with Crippen LogP contribution >= 0.6 is 11.8 Å². The Morgan fingerprint density at radius 1 is 1.38 bits per heavy atom. The van der Waals surface area contributed by atoms with E-state index in [1.54, 1.807) is 6.92 Å². The van der Waals surface area contributed by atoms with Gasteiger partial charge in [-0.25, -0.2) is 0 Å². The lowest BCUT2D eigenvalue weighted by molar-refractivity contribution is -0.109. The van der Waals surface area contributed by atoms with Crippen LogP contribution in [0.1, 0.15) is 39.5 Å². The molecule has 0 bridgehead atoms. The predicted octanol–water partition coefficient (Wildman–Crippen LogP) is 2.61. The summed E-state index contributed by atoms with van der Waals surface area (Å²) in [7, 11) is 0. The summed E-state index contributed by atoms with van der Waals surface area (Å²) in [6, 6.07) is 0. The van der Waals surface area contributed by atoms with Crippen molar-refractivity contribution in [3.63, 3.8) is 0 Å². The van der Waals surface area contributed by atoms with E-state index < -0.39 is 0 Å². The second-order valence-corrected chi connectivity index (χ2v) is 4.94. The fourth-order valence-electron chi connectivity index (χ4n) is 1.79. The minimum Gasteiger partial charge on any atom is -0.379 e. The molecule has 1 fully saturated rings. The molecule has 1 aliphatic carbocycles. The van der Waals surface area contributed by atoms with Crippen molar-refractivity contribution in [2.24, 2.45) is 0 Å². The minimum atomic E-state index is 0.250. The van der Waals surface area contributed by atoms with Crippen LogP contribution in [0.15, 0.2) is 0 Å². The van der Waals surface area contributed by atoms with Crippen LogP contribution in [0.3, 0.4) is 0 Å². The Hall–Kier alpha value is -0.0200. The number of thioether (sulfide) groups is 1. The number of carbonyl (C=O) groups excluding carboxylic acids is 1. The number of rotatable bonds is 3.